The summed E-state index contributed by atoms with van der Waals surface area (Å²) in [5.74, 6) is -0.734. The van der Waals surface area contributed by atoms with Gasteiger partial charge in [-0.2, -0.15) is 0 Å². The summed E-state index contributed by atoms with van der Waals surface area (Å²) in [5, 5.41) is 12.2. The fourth-order valence-electron chi connectivity index (χ4n) is 2.17. The average molecular weight is 303 g/mol. The Bertz CT molecular complexity index is 348. The second-order valence-corrected chi connectivity index (χ2v) is 6.78. The third-order valence-electron chi connectivity index (χ3n) is 3.01. The highest BCUT2D eigenvalue weighted by molar-refractivity contribution is 5.76. The smallest absolute Gasteiger partial charge is 0.407 e. The van der Waals surface area contributed by atoms with E-state index < -0.39 is 23.1 Å². The minimum absolute atomic E-state index is 0.0266. The number of alkyl carbamates (subject to hydrolysis) is 1. The second-order valence-electron chi connectivity index (χ2n) is 6.78. The van der Waals surface area contributed by atoms with Crippen LogP contribution in [-0.4, -0.2) is 43.0 Å². The molecule has 0 aliphatic rings. The highest BCUT2D eigenvalue weighted by atomic mass is 16.6. The molecule has 0 saturated carbocycles. The van der Waals surface area contributed by atoms with E-state index in [1.54, 1.807) is 20.8 Å². The molecule has 0 saturated heterocycles. The second kappa shape index (κ2) is 8.22. The maximum Gasteiger partial charge on any atom is 0.407 e. The number of aliphatic carboxylic acids is 1. The molecule has 0 aliphatic heterocycles. The highest BCUT2D eigenvalue weighted by Crippen LogP contribution is 2.30. The number of ether oxygens (including phenoxy) is 2. The molecule has 6 heteroatoms. The number of amides is 1. The summed E-state index contributed by atoms with van der Waals surface area (Å²) in [5.41, 5.74) is -1.65. The van der Waals surface area contributed by atoms with E-state index in [0.29, 0.717) is 19.4 Å². The maximum absolute atomic E-state index is 11.7. The number of carbonyl (C=O) groups excluding carboxylic acids is 1. The Morgan fingerprint density at radius 3 is 2.19 bits per heavy atom. The van der Waals surface area contributed by atoms with Crippen LogP contribution in [0.5, 0.6) is 0 Å². The van der Waals surface area contributed by atoms with Gasteiger partial charge in [0.1, 0.15) is 5.60 Å². The Hall–Kier alpha value is -1.30. The van der Waals surface area contributed by atoms with Crippen molar-refractivity contribution in [3.63, 3.8) is 0 Å². The summed E-state index contributed by atoms with van der Waals surface area (Å²) in [4.78, 5) is 23.4. The van der Waals surface area contributed by atoms with Gasteiger partial charge in [-0.1, -0.05) is 13.8 Å². The first kappa shape index (κ1) is 19.7. The molecule has 124 valence electrons. The molecule has 0 bridgehead atoms. The Morgan fingerprint density at radius 1 is 1.24 bits per heavy atom. The fourth-order valence-corrected chi connectivity index (χ4v) is 2.17. The summed E-state index contributed by atoms with van der Waals surface area (Å²) >= 11 is 0. The number of hydrogen-bond acceptors (Lipinski definition) is 4. The molecule has 1 unspecified atom stereocenters. The monoisotopic (exact) mass is 303 g/mol. The van der Waals surface area contributed by atoms with Crippen molar-refractivity contribution in [3.05, 3.63) is 0 Å². The predicted molar refractivity (Wildman–Crippen MR) is 80.3 cm³/mol. The molecule has 1 amide bonds. The van der Waals surface area contributed by atoms with E-state index in [1.165, 1.54) is 7.11 Å². The van der Waals surface area contributed by atoms with E-state index in [2.05, 4.69) is 5.32 Å². The maximum atomic E-state index is 11.7. The van der Waals surface area contributed by atoms with Crippen molar-refractivity contribution in [2.45, 2.75) is 53.1 Å². The van der Waals surface area contributed by atoms with Crippen molar-refractivity contribution >= 4 is 12.1 Å². The van der Waals surface area contributed by atoms with Gasteiger partial charge in [-0.3, -0.25) is 4.79 Å². The van der Waals surface area contributed by atoms with Crippen LogP contribution in [0.3, 0.4) is 0 Å². The van der Waals surface area contributed by atoms with Crippen LogP contribution in [-0.2, 0) is 14.3 Å². The Kier molecular flexibility index (Phi) is 7.71. The molecule has 2 N–H and O–H groups in total. The van der Waals surface area contributed by atoms with Gasteiger partial charge in [0.25, 0.3) is 0 Å². The lowest BCUT2D eigenvalue weighted by Crippen LogP contribution is -2.46. The molecule has 6 nitrogen and oxygen atoms in total. The van der Waals surface area contributed by atoms with E-state index in [1.807, 2.05) is 13.8 Å². The lowest BCUT2D eigenvalue weighted by Gasteiger charge is -2.31. The van der Waals surface area contributed by atoms with Crippen molar-refractivity contribution in [2.75, 3.05) is 20.3 Å². The van der Waals surface area contributed by atoms with Crippen LogP contribution in [0.25, 0.3) is 0 Å². The van der Waals surface area contributed by atoms with E-state index in [-0.39, 0.29) is 12.5 Å². The number of hydrogen-bond donors (Lipinski definition) is 2. The van der Waals surface area contributed by atoms with Crippen LogP contribution in [0, 0.1) is 11.3 Å². The van der Waals surface area contributed by atoms with Gasteiger partial charge in [0.05, 0.1) is 5.41 Å². The molecule has 0 radical (unpaired) electrons. The standard InChI is InChI=1S/C15H29NO5/c1-11(2)9-15(12(17)18,7-8-20-6)10-16-13(19)21-14(3,4)5/h11H,7-10H2,1-6H3,(H,16,19)(H,17,18). The van der Waals surface area contributed by atoms with Crippen molar-refractivity contribution < 1.29 is 24.2 Å². The zero-order valence-corrected chi connectivity index (χ0v) is 14.0. The van der Waals surface area contributed by atoms with Crippen molar-refractivity contribution in [3.8, 4) is 0 Å². The summed E-state index contributed by atoms with van der Waals surface area (Å²) in [7, 11) is 1.53. The number of rotatable bonds is 8. The summed E-state index contributed by atoms with van der Waals surface area (Å²) in [6.45, 7) is 9.55. The number of carboxylic acid groups (broad SMARTS) is 1. The van der Waals surface area contributed by atoms with E-state index >= 15 is 0 Å². The summed E-state index contributed by atoms with van der Waals surface area (Å²) < 4.78 is 10.2. The van der Waals surface area contributed by atoms with Crippen molar-refractivity contribution in [1.29, 1.82) is 0 Å². The van der Waals surface area contributed by atoms with Crippen molar-refractivity contribution in [1.82, 2.24) is 5.32 Å². The van der Waals surface area contributed by atoms with E-state index in [4.69, 9.17) is 9.47 Å². The van der Waals surface area contributed by atoms with Gasteiger partial charge < -0.3 is 19.9 Å². The molecule has 0 aliphatic carbocycles. The molecule has 0 aromatic rings. The molecule has 0 spiro atoms. The Balaban J connectivity index is 4.87. The highest BCUT2D eigenvalue weighted by Gasteiger charge is 2.39. The first-order valence-corrected chi connectivity index (χ1v) is 7.21. The third kappa shape index (κ3) is 7.90. The van der Waals surface area contributed by atoms with Crippen LogP contribution < -0.4 is 5.32 Å². The van der Waals surface area contributed by atoms with Crippen molar-refractivity contribution in [2.24, 2.45) is 11.3 Å². The number of carbonyl (C=O) groups is 2. The zero-order chi connectivity index (χ0) is 16.7. The molecule has 0 aromatic carbocycles. The summed E-state index contributed by atoms with van der Waals surface area (Å²) in [6.07, 6.45) is 0.197. The predicted octanol–water partition coefficient (Wildman–Crippen LogP) is 2.66. The lowest BCUT2D eigenvalue weighted by molar-refractivity contribution is -0.151. The third-order valence-corrected chi connectivity index (χ3v) is 3.01. The fraction of sp³-hybridized carbons (Fsp3) is 0.867. The SMILES string of the molecule is COCCC(CNC(=O)OC(C)(C)C)(CC(C)C)C(=O)O. The lowest BCUT2D eigenvalue weighted by atomic mass is 9.77. The molecular weight excluding hydrogens is 274 g/mol. The Labute approximate surface area is 127 Å². The molecule has 0 aromatic heterocycles. The first-order valence-electron chi connectivity index (χ1n) is 7.21. The Morgan fingerprint density at radius 2 is 1.81 bits per heavy atom. The minimum atomic E-state index is -1.04. The van der Waals surface area contributed by atoms with Gasteiger partial charge in [-0.05, 0) is 39.5 Å². The van der Waals surface area contributed by atoms with Gasteiger partial charge in [-0.15, -0.1) is 0 Å². The van der Waals surface area contributed by atoms with Crippen LogP contribution in [0.1, 0.15) is 47.5 Å². The molecule has 21 heavy (non-hydrogen) atoms. The average Bonchev–Trinajstić information content (AvgIpc) is 2.29. The van der Waals surface area contributed by atoms with Crippen LogP contribution in [0.4, 0.5) is 4.79 Å². The van der Waals surface area contributed by atoms with Crippen LogP contribution >= 0.6 is 0 Å². The molecule has 0 rings (SSSR count). The van der Waals surface area contributed by atoms with Gasteiger partial charge in [0.15, 0.2) is 0 Å². The van der Waals surface area contributed by atoms with Gasteiger partial charge in [0, 0.05) is 20.3 Å². The first-order chi connectivity index (χ1) is 9.52. The summed E-state index contributed by atoms with van der Waals surface area (Å²) in [6, 6.07) is 0. The largest absolute Gasteiger partial charge is 0.481 e. The van der Waals surface area contributed by atoms with Crippen LogP contribution in [0.2, 0.25) is 0 Å². The molecule has 0 heterocycles. The van der Waals surface area contributed by atoms with Gasteiger partial charge in [-0.25, -0.2) is 4.79 Å². The molecule has 0 fully saturated rings. The topological polar surface area (TPSA) is 84.9 Å². The quantitative estimate of drug-likeness (QED) is 0.720. The minimum Gasteiger partial charge on any atom is -0.481 e. The molecular formula is C15H29NO5. The molecule has 1 atom stereocenters. The zero-order valence-electron chi connectivity index (χ0n) is 14.0. The normalized spacial score (nSPS) is 14.6. The van der Waals surface area contributed by atoms with E-state index in [9.17, 15) is 14.7 Å². The van der Waals surface area contributed by atoms with Crippen LogP contribution in [0.15, 0.2) is 0 Å². The van der Waals surface area contributed by atoms with E-state index in [0.717, 1.165) is 0 Å². The number of nitrogens with one attached hydrogen (secondary N) is 1. The van der Waals surface area contributed by atoms with Gasteiger partial charge >= 0.3 is 12.1 Å². The number of methoxy groups -OCH3 is 1. The number of carboxylic acids is 1. The van der Waals surface area contributed by atoms with Gasteiger partial charge in [0.2, 0.25) is 0 Å².